The molecule has 20 heavy (non-hydrogen) atoms. The topological polar surface area (TPSA) is 34.2 Å². The highest BCUT2D eigenvalue weighted by Crippen LogP contribution is 2.34. The zero-order valence-electron chi connectivity index (χ0n) is 11.5. The second-order valence-corrected chi connectivity index (χ2v) is 5.42. The van der Waals surface area contributed by atoms with E-state index in [0.29, 0.717) is 0 Å². The van der Waals surface area contributed by atoms with Gasteiger partial charge in [0, 0.05) is 17.0 Å². The minimum absolute atomic E-state index is 0.103. The Balaban J connectivity index is 2.21. The number of hydrogen-bond acceptors (Lipinski definition) is 4. The Kier molecular flexibility index (Phi) is 3.67. The van der Waals surface area contributed by atoms with Crippen LogP contribution in [0.3, 0.4) is 0 Å². The predicted octanol–water partition coefficient (Wildman–Crippen LogP) is 3.61. The zero-order chi connectivity index (χ0) is 13.9. The number of ether oxygens (including phenoxy) is 1. The van der Waals surface area contributed by atoms with Crippen LogP contribution in [-0.4, -0.2) is 19.1 Å². The van der Waals surface area contributed by atoms with Gasteiger partial charge < -0.3 is 10.1 Å². The number of hydrogen-bond donors (Lipinski definition) is 1. The molecule has 0 amide bonds. The SMILES string of the molecule is CNC(c1nccs1)c1ccc(OC)c2ccccc12. The molecule has 0 aliphatic carbocycles. The summed E-state index contributed by atoms with van der Waals surface area (Å²) < 4.78 is 5.45. The van der Waals surface area contributed by atoms with E-state index in [0.717, 1.165) is 16.1 Å². The fraction of sp³-hybridized carbons (Fsp3) is 0.188. The molecule has 2 aromatic carbocycles. The van der Waals surface area contributed by atoms with Crippen molar-refractivity contribution in [3.8, 4) is 5.75 Å². The van der Waals surface area contributed by atoms with Gasteiger partial charge in [-0.1, -0.05) is 30.3 Å². The third-order valence-corrected chi connectivity index (χ3v) is 4.28. The molecular weight excluding hydrogens is 268 g/mol. The molecule has 4 heteroatoms. The largest absolute Gasteiger partial charge is 0.496 e. The Morgan fingerprint density at radius 2 is 1.95 bits per heavy atom. The van der Waals surface area contributed by atoms with Gasteiger partial charge in [0.05, 0.1) is 13.2 Å². The second-order valence-electron chi connectivity index (χ2n) is 4.49. The average Bonchev–Trinajstić information content (AvgIpc) is 3.02. The van der Waals surface area contributed by atoms with Crippen LogP contribution in [0.2, 0.25) is 0 Å². The molecule has 0 bridgehead atoms. The number of rotatable bonds is 4. The van der Waals surface area contributed by atoms with Crippen LogP contribution in [0, 0.1) is 0 Å². The summed E-state index contributed by atoms with van der Waals surface area (Å²) in [5.74, 6) is 0.901. The molecule has 0 aliphatic rings. The van der Waals surface area contributed by atoms with Gasteiger partial charge in [0.15, 0.2) is 0 Å². The van der Waals surface area contributed by atoms with Crippen molar-refractivity contribution in [2.75, 3.05) is 14.2 Å². The minimum Gasteiger partial charge on any atom is -0.496 e. The van der Waals surface area contributed by atoms with E-state index < -0.39 is 0 Å². The summed E-state index contributed by atoms with van der Waals surface area (Å²) in [5.41, 5.74) is 1.22. The fourth-order valence-electron chi connectivity index (χ4n) is 2.51. The highest BCUT2D eigenvalue weighted by atomic mass is 32.1. The molecule has 1 atom stereocenters. The highest BCUT2D eigenvalue weighted by Gasteiger charge is 2.18. The summed E-state index contributed by atoms with van der Waals surface area (Å²) in [6, 6.07) is 12.5. The molecule has 0 saturated heterocycles. The lowest BCUT2D eigenvalue weighted by molar-refractivity contribution is 0.419. The Morgan fingerprint density at radius 3 is 2.60 bits per heavy atom. The molecule has 1 unspecified atom stereocenters. The molecule has 1 aromatic heterocycles. The predicted molar refractivity (Wildman–Crippen MR) is 83.5 cm³/mol. The molecule has 3 rings (SSSR count). The molecule has 0 saturated carbocycles. The van der Waals surface area contributed by atoms with E-state index in [4.69, 9.17) is 4.74 Å². The zero-order valence-corrected chi connectivity index (χ0v) is 12.3. The smallest absolute Gasteiger partial charge is 0.126 e. The number of nitrogens with zero attached hydrogens (tertiary/aromatic N) is 1. The van der Waals surface area contributed by atoms with Gasteiger partial charge in [-0.05, 0) is 24.1 Å². The van der Waals surface area contributed by atoms with Gasteiger partial charge in [-0.2, -0.15) is 0 Å². The van der Waals surface area contributed by atoms with E-state index in [9.17, 15) is 0 Å². The van der Waals surface area contributed by atoms with E-state index in [-0.39, 0.29) is 6.04 Å². The van der Waals surface area contributed by atoms with Gasteiger partial charge in [-0.15, -0.1) is 11.3 Å². The average molecular weight is 284 g/mol. The maximum atomic E-state index is 5.45. The van der Waals surface area contributed by atoms with Crippen LogP contribution >= 0.6 is 11.3 Å². The highest BCUT2D eigenvalue weighted by molar-refractivity contribution is 7.09. The summed E-state index contributed by atoms with van der Waals surface area (Å²) in [6.45, 7) is 0. The molecule has 0 fully saturated rings. The van der Waals surface area contributed by atoms with Gasteiger partial charge in [-0.25, -0.2) is 4.98 Å². The summed E-state index contributed by atoms with van der Waals surface area (Å²) in [5, 5.41) is 8.76. The van der Waals surface area contributed by atoms with Crippen LogP contribution < -0.4 is 10.1 Å². The van der Waals surface area contributed by atoms with Crippen molar-refractivity contribution in [1.82, 2.24) is 10.3 Å². The molecule has 0 spiro atoms. The number of nitrogens with one attached hydrogen (secondary N) is 1. The van der Waals surface area contributed by atoms with Crippen molar-refractivity contribution in [2.45, 2.75) is 6.04 Å². The monoisotopic (exact) mass is 284 g/mol. The van der Waals surface area contributed by atoms with Crippen LogP contribution in [-0.2, 0) is 0 Å². The first-order valence-corrected chi connectivity index (χ1v) is 7.35. The molecular formula is C16H16N2OS. The standard InChI is InChI=1S/C16H16N2OS/c1-17-15(16-18-9-10-20-16)13-7-8-14(19-2)12-6-4-3-5-11(12)13/h3-10,15,17H,1-2H3. The van der Waals surface area contributed by atoms with Crippen LogP contribution in [0.15, 0.2) is 48.0 Å². The molecule has 0 aliphatic heterocycles. The molecule has 102 valence electrons. The lowest BCUT2D eigenvalue weighted by atomic mass is 9.98. The normalized spacial score (nSPS) is 12.5. The fourth-order valence-corrected chi connectivity index (χ4v) is 3.28. The first-order chi connectivity index (χ1) is 9.85. The summed E-state index contributed by atoms with van der Waals surface area (Å²) in [7, 11) is 3.67. The maximum Gasteiger partial charge on any atom is 0.126 e. The van der Waals surface area contributed by atoms with Crippen LogP contribution in [0.4, 0.5) is 0 Å². The van der Waals surface area contributed by atoms with Gasteiger partial charge in [0.2, 0.25) is 0 Å². The molecule has 1 N–H and O–H groups in total. The minimum atomic E-state index is 0.103. The number of aromatic nitrogens is 1. The first kappa shape index (κ1) is 13.1. The quantitative estimate of drug-likeness (QED) is 0.794. The number of fused-ring (bicyclic) bond motifs is 1. The maximum absolute atomic E-state index is 5.45. The molecule has 3 nitrogen and oxygen atoms in total. The van der Waals surface area contributed by atoms with E-state index in [1.165, 1.54) is 10.9 Å². The molecule has 3 aromatic rings. The Hall–Kier alpha value is -1.91. The van der Waals surface area contributed by atoms with Crippen molar-refractivity contribution in [3.63, 3.8) is 0 Å². The van der Waals surface area contributed by atoms with Crippen LogP contribution in [0.5, 0.6) is 5.75 Å². The number of benzene rings is 2. The lowest BCUT2D eigenvalue weighted by Crippen LogP contribution is -2.17. The summed E-state index contributed by atoms with van der Waals surface area (Å²) >= 11 is 1.66. The molecule has 1 heterocycles. The van der Waals surface area contributed by atoms with E-state index in [1.54, 1.807) is 18.4 Å². The van der Waals surface area contributed by atoms with Gasteiger partial charge in [0.25, 0.3) is 0 Å². The van der Waals surface area contributed by atoms with Crippen molar-refractivity contribution in [1.29, 1.82) is 0 Å². The van der Waals surface area contributed by atoms with E-state index in [2.05, 4.69) is 34.6 Å². The van der Waals surface area contributed by atoms with Crippen molar-refractivity contribution in [3.05, 3.63) is 58.5 Å². The van der Waals surface area contributed by atoms with Crippen molar-refractivity contribution >= 4 is 22.1 Å². The van der Waals surface area contributed by atoms with Crippen molar-refractivity contribution in [2.24, 2.45) is 0 Å². The van der Waals surface area contributed by atoms with E-state index in [1.807, 2.05) is 30.8 Å². The number of thiazole rings is 1. The van der Waals surface area contributed by atoms with Crippen LogP contribution in [0.1, 0.15) is 16.6 Å². The van der Waals surface area contributed by atoms with Crippen molar-refractivity contribution < 1.29 is 4.74 Å². The molecule has 0 radical (unpaired) electrons. The Morgan fingerprint density at radius 1 is 1.15 bits per heavy atom. The van der Waals surface area contributed by atoms with Gasteiger partial charge >= 0.3 is 0 Å². The van der Waals surface area contributed by atoms with Gasteiger partial charge in [-0.3, -0.25) is 0 Å². The third-order valence-electron chi connectivity index (χ3n) is 3.44. The lowest BCUT2D eigenvalue weighted by Gasteiger charge is -2.17. The third kappa shape index (κ3) is 2.17. The van der Waals surface area contributed by atoms with Gasteiger partial charge in [0.1, 0.15) is 10.8 Å². The Labute approximate surface area is 122 Å². The number of methoxy groups -OCH3 is 1. The van der Waals surface area contributed by atoms with Crippen LogP contribution in [0.25, 0.3) is 10.8 Å². The Bertz CT molecular complexity index is 710. The first-order valence-electron chi connectivity index (χ1n) is 6.47. The summed E-state index contributed by atoms with van der Waals surface area (Å²) in [6.07, 6.45) is 1.84. The summed E-state index contributed by atoms with van der Waals surface area (Å²) in [4.78, 5) is 4.44. The second kappa shape index (κ2) is 5.61. The van der Waals surface area contributed by atoms with E-state index >= 15 is 0 Å².